The van der Waals surface area contributed by atoms with Gasteiger partial charge in [-0.1, -0.05) is 30.3 Å². The van der Waals surface area contributed by atoms with Crippen molar-refractivity contribution in [2.45, 2.75) is 5.75 Å². The number of hydrogen-bond donors (Lipinski definition) is 1. The Morgan fingerprint density at radius 1 is 1.20 bits per heavy atom. The van der Waals surface area contributed by atoms with Crippen LogP contribution in [0.1, 0.15) is 5.82 Å². The summed E-state index contributed by atoms with van der Waals surface area (Å²) in [4.78, 5) is 8.65. The molecule has 2 rings (SSSR count). The van der Waals surface area contributed by atoms with E-state index >= 15 is 0 Å². The summed E-state index contributed by atoms with van der Waals surface area (Å²) in [5, 5.41) is 2.98. The Balaban J connectivity index is 2.59. The number of aromatic nitrogens is 2. The molecule has 0 unspecified atom stereocenters. The lowest BCUT2D eigenvalue weighted by Crippen LogP contribution is -2.09. The number of hydrogen-bond acceptors (Lipinski definition) is 5. The fraction of sp³-hybridized carbons (Fsp3) is 0.231. The van der Waals surface area contributed by atoms with Crippen LogP contribution in [0, 0.1) is 3.57 Å². The summed E-state index contributed by atoms with van der Waals surface area (Å²) >= 11 is 2.16. The molecule has 0 saturated heterocycles. The Morgan fingerprint density at radius 3 is 2.40 bits per heavy atom. The van der Waals surface area contributed by atoms with Gasteiger partial charge in [0.25, 0.3) is 0 Å². The van der Waals surface area contributed by atoms with Gasteiger partial charge in [-0.3, -0.25) is 0 Å². The van der Waals surface area contributed by atoms with Crippen molar-refractivity contribution in [3.63, 3.8) is 0 Å². The maximum Gasteiger partial charge on any atom is 0.154 e. The van der Waals surface area contributed by atoms with E-state index in [1.54, 1.807) is 7.05 Å². The van der Waals surface area contributed by atoms with Crippen molar-refractivity contribution >= 4 is 38.2 Å². The van der Waals surface area contributed by atoms with E-state index in [9.17, 15) is 8.42 Å². The Morgan fingerprint density at radius 2 is 1.85 bits per heavy atom. The molecule has 20 heavy (non-hydrogen) atoms. The van der Waals surface area contributed by atoms with Crippen LogP contribution in [-0.4, -0.2) is 31.7 Å². The van der Waals surface area contributed by atoms with E-state index in [0.29, 0.717) is 11.6 Å². The fourth-order valence-electron chi connectivity index (χ4n) is 1.75. The molecule has 0 fully saturated rings. The van der Waals surface area contributed by atoms with Crippen molar-refractivity contribution in [3.8, 4) is 11.3 Å². The second kappa shape index (κ2) is 6.04. The summed E-state index contributed by atoms with van der Waals surface area (Å²) in [7, 11) is -1.42. The minimum Gasteiger partial charge on any atom is -0.372 e. The van der Waals surface area contributed by atoms with Gasteiger partial charge in [0, 0.05) is 18.9 Å². The molecule has 106 valence electrons. The van der Waals surface area contributed by atoms with Gasteiger partial charge in [-0.15, -0.1) is 0 Å². The number of rotatable bonds is 4. The molecule has 1 N–H and O–H groups in total. The van der Waals surface area contributed by atoms with Crippen LogP contribution >= 0.6 is 22.6 Å². The largest absolute Gasteiger partial charge is 0.372 e. The third-order valence-electron chi connectivity index (χ3n) is 2.57. The summed E-state index contributed by atoms with van der Waals surface area (Å²) in [5.41, 5.74) is 1.68. The highest BCUT2D eigenvalue weighted by Crippen LogP contribution is 2.28. The van der Waals surface area contributed by atoms with E-state index in [-0.39, 0.29) is 5.75 Å². The topological polar surface area (TPSA) is 72.0 Å². The van der Waals surface area contributed by atoms with Gasteiger partial charge in [-0.05, 0) is 22.6 Å². The van der Waals surface area contributed by atoms with Gasteiger partial charge in [0.2, 0.25) is 0 Å². The van der Waals surface area contributed by atoms with Crippen molar-refractivity contribution in [3.05, 3.63) is 39.7 Å². The number of benzene rings is 1. The van der Waals surface area contributed by atoms with Crippen LogP contribution in [0.2, 0.25) is 0 Å². The van der Waals surface area contributed by atoms with Crippen LogP contribution < -0.4 is 5.32 Å². The van der Waals surface area contributed by atoms with Crippen molar-refractivity contribution in [2.24, 2.45) is 0 Å². The Bertz CT molecular complexity index is 718. The summed E-state index contributed by atoms with van der Waals surface area (Å²) in [5.74, 6) is 0.771. The van der Waals surface area contributed by atoms with E-state index in [0.717, 1.165) is 14.8 Å². The molecule has 0 bridgehead atoms. The van der Waals surface area contributed by atoms with Crippen LogP contribution in [0.25, 0.3) is 11.3 Å². The second-order valence-electron chi connectivity index (χ2n) is 4.34. The zero-order chi connectivity index (χ0) is 14.8. The Hall–Kier alpha value is -1.22. The lowest BCUT2D eigenvalue weighted by Gasteiger charge is -2.11. The number of sulfone groups is 1. The van der Waals surface area contributed by atoms with Gasteiger partial charge < -0.3 is 5.32 Å². The first-order valence-electron chi connectivity index (χ1n) is 5.88. The van der Waals surface area contributed by atoms with E-state index in [4.69, 9.17) is 0 Å². The molecule has 1 aromatic heterocycles. The van der Waals surface area contributed by atoms with Crippen LogP contribution in [0.15, 0.2) is 30.3 Å². The molecule has 1 heterocycles. The average molecular weight is 403 g/mol. The van der Waals surface area contributed by atoms with Crippen molar-refractivity contribution in [2.75, 3.05) is 18.6 Å². The van der Waals surface area contributed by atoms with Gasteiger partial charge in [-0.25, -0.2) is 18.4 Å². The van der Waals surface area contributed by atoms with Crippen LogP contribution in [0.3, 0.4) is 0 Å². The summed E-state index contributed by atoms with van der Waals surface area (Å²) < 4.78 is 23.7. The molecule has 0 radical (unpaired) electrons. The molecule has 7 heteroatoms. The smallest absolute Gasteiger partial charge is 0.154 e. The molecule has 0 aliphatic carbocycles. The minimum absolute atomic E-state index is 0.168. The third-order valence-corrected chi connectivity index (χ3v) is 4.38. The monoisotopic (exact) mass is 403 g/mol. The summed E-state index contributed by atoms with van der Waals surface area (Å²) in [6.45, 7) is 0. The number of anilines is 1. The molecule has 0 aliphatic heterocycles. The molecule has 2 aromatic rings. The van der Waals surface area contributed by atoms with Crippen LogP contribution in [0.4, 0.5) is 5.82 Å². The summed E-state index contributed by atoms with van der Waals surface area (Å²) in [6.07, 6.45) is 1.18. The molecule has 0 saturated carbocycles. The normalized spacial score (nSPS) is 11.3. The van der Waals surface area contributed by atoms with E-state index in [2.05, 4.69) is 37.9 Å². The highest BCUT2D eigenvalue weighted by atomic mass is 127. The first-order chi connectivity index (χ1) is 9.40. The zero-order valence-electron chi connectivity index (χ0n) is 11.1. The Kier molecular flexibility index (Phi) is 4.59. The molecule has 0 amide bonds. The average Bonchev–Trinajstić information content (AvgIpc) is 2.40. The quantitative estimate of drug-likeness (QED) is 0.794. The number of halogens is 1. The maximum absolute atomic E-state index is 11.4. The highest BCUT2D eigenvalue weighted by Gasteiger charge is 2.15. The van der Waals surface area contributed by atoms with Crippen molar-refractivity contribution in [1.82, 2.24) is 9.97 Å². The number of nitrogens with one attached hydrogen (secondary N) is 1. The summed E-state index contributed by atoms with van der Waals surface area (Å²) in [6, 6.07) is 9.64. The van der Waals surface area contributed by atoms with Gasteiger partial charge >= 0.3 is 0 Å². The predicted molar refractivity (Wildman–Crippen MR) is 88.3 cm³/mol. The van der Waals surface area contributed by atoms with E-state index < -0.39 is 9.84 Å². The molecule has 5 nitrogen and oxygen atoms in total. The van der Waals surface area contributed by atoms with Crippen molar-refractivity contribution < 1.29 is 8.42 Å². The zero-order valence-corrected chi connectivity index (χ0v) is 14.1. The van der Waals surface area contributed by atoms with Gasteiger partial charge in [0.1, 0.15) is 17.4 Å². The minimum atomic E-state index is -3.17. The first-order valence-corrected chi connectivity index (χ1v) is 9.02. The second-order valence-corrected chi connectivity index (χ2v) is 7.56. The van der Waals surface area contributed by atoms with Gasteiger partial charge in [-0.2, -0.15) is 0 Å². The SMILES string of the molecule is CNc1nc(CS(C)(=O)=O)nc(-c2ccccc2)c1I. The lowest BCUT2D eigenvalue weighted by atomic mass is 10.1. The van der Waals surface area contributed by atoms with Gasteiger partial charge in [0.15, 0.2) is 9.84 Å². The fourth-order valence-corrected chi connectivity index (χ4v) is 3.17. The third kappa shape index (κ3) is 3.66. The standard InChI is InChI=1S/C13H14IN3O2S/c1-15-13-11(14)12(9-6-4-3-5-7-9)16-10(17-13)8-20(2,18)19/h3-7H,8H2,1-2H3,(H,15,16,17). The predicted octanol–water partition coefficient (Wildman–Crippen LogP) is 2.33. The Labute approximate surface area is 131 Å². The molecular weight excluding hydrogens is 389 g/mol. The molecule has 0 atom stereocenters. The van der Waals surface area contributed by atoms with Crippen LogP contribution in [-0.2, 0) is 15.6 Å². The van der Waals surface area contributed by atoms with E-state index in [1.165, 1.54) is 6.26 Å². The molecule has 1 aromatic carbocycles. The molecular formula is C13H14IN3O2S. The van der Waals surface area contributed by atoms with Gasteiger partial charge in [0.05, 0.1) is 9.26 Å². The molecule has 0 aliphatic rings. The number of nitrogens with zero attached hydrogens (tertiary/aromatic N) is 2. The van der Waals surface area contributed by atoms with Crippen molar-refractivity contribution in [1.29, 1.82) is 0 Å². The maximum atomic E-state index is 11.4. The lowest BCUT2D eigenvalue weighted by molar-refractivity contribution is 0.599. The molecule has 0 spiro atoms. The van der Waals surface area contributed by atoms with E-state index in [1.807, 2.05) is 30.3 Å². The first kappa shape index (κ1) is 15.2. The highest BCUT2D eigenvalue weighted by molar-refractivity contribution is 14.1. The van der Waals surface area contributed by atoms with Crippen LogP contribution in [0.5, 0.6) is 0 Å².